The second-order valence-electron chi connectivity index (χ2n) is 5.64. The molecular formula is C15H15ClN6OS. The van der Waals surface area contributed by atoms with E-state index in [0.29, 0.717) is 20.7 Å². The van der Waals surface area contributed by atoms with Crippen LogP contribution in [-0.2, 0) is 5.54 Å². The summed E-state index contributed by atoms with van der Waals surface area (Å²) < 4.78 is 1.66. The number of carbonyl (C=O) groups excluding carboxylic acids is 1. The maximum absolute atomic E-state index is 12.7. The minimum Gasteiger partial charge on any atom is -0.374 e. The number of nitrogens with two attached hydrogens (primary N) is 1. The van der Waals surface area contributed by atoms with E-state index >= 15 is 0 Å². The Balaban J connectivity index is 1.88. The van der Waals surface area contributed by atoms with Gasteiger partial charge in [-0.3, -0.25) is 4.79 Å². The first-order valence-electron chi connectivity index (χ1n) is 7.08. The summed E-state index contributed by atoms with van der Waals surface area (Å²) in [5.41, 5.74) is 5.99. The van der Waals surface area contributed by atoms with Gasteiger partial charge in [-0.05, 0) is 38.1 Å². The molecule has 3 aromatic rings. The number of nitrogens with zero attached hydrogens (tertiary/aromatic N) is 4. The van der Waals surface area contributed by atoms with Gasteiger partial charge in [0.15, 0.2) is 0 Å². The van der Waals surface area contributed by atoms with Gasteiger partial charge in [-0.1, -0.05) is 22.9 Å². The molecule has 0 saturated heterocycles. The number of amides is 1. The van der Waals surface area contributed by atoms with Crippen LogP contribution >= 0.6 is 22.9 Å². The number of nitrogens with one attached hydrogen (secondary N) is 1. The van der Waals surface area contributed by atoms with Crippen molar-refractivity contribution in [3.05, 3.63) is 52.3 Å². The molecule has 2 aromatic heterocycles. The fraction of sp³-hybridized carbons (Fsp3) is 0.200. The van der Waals surface area contributed by atoms with Gasteiger partial charge in [0.05, 0.1) is 21.8 Å². The number of aromatic nitrogens is 4. The molecule has 0 bridgehead atoms. The average Bonchev–Trinajstić information content (AvgIpc) is 3.18. The quantitative estimate of drug-likeness (QED) is 0.743. The SMILES string of the molecule is CC(C)(NC(=O)c1cc(-n2cccn2)ccc1Cl)c1nnc(N)s1. The Morgan fingerprint density at radius 3 is 2.79 bits per heavy atom. The van der Waals surface area contributed by atoms with Gasteiger partial charge < -0.3 is 11.1 Å². The molecule has 0 aliphatic rings. The fourth-order valence-electron chi connectivity index (χ4n) is 2.14. The largest absolute Gasteiger partial charge is 0.374 e. The summed E-state index contributed by atoms with van der Waals surface area (Å²) in [6.07, 6.45) is 3.45. The Morgan fingerprint density at radius 1 is 1.38 bits per heavy atom. The highest BCUT2D eigenvalue weighted by molar-refractivity contribution is 7.15. The second kappa shape index (κ2) is 6.21. The summed E-state index contributed by atoms with van der Waals surface area (Å²) in [5, 5.41) is 16.2. The summed E-state index contributed by atoms with van der Waals surface area (Å²) in [6.45, 7) is 3.66. The van der Waals surface area contributed by atoms with Gasteiger partial charge in [-0.25, -0.2) is 4.68 Å². The van der Waals surface area contributed by atoms with E-state index in [1.54, 1.807) is 41.3 Å². The predicted octanol–water partition coefficient (Wildman–Crippen LogP) is 2.62. The van der Waals surface area contributed by atoms with E-state index in [4.69, 9.17) is 17.3 Å². The highest BCUT2D eigenvalue weighted by atomic mass is 35.5. The molecule has 0 atom stereocenters. The van der Waals surface area contributed by atoms with E-state index in [-0.39, 0.29) is 5.91 Å². The van der Waals surface area contributed by atoms with Crippen molar-refractivity contribution in [2.45, 2.75) is 19.4 Å². The van der Waals surface area contributed by atoms with Crippen LogP contribution in [-0.4, -0.2) is 25.9 Å². The number of halogens is 1. The van der Waals surface area contributed by atoms with E-state index in [9.17, 15) is 4.79 Å². The Hall–Kier alpha value is -2.45. The molecule has 1 amide bonds. The lowest BCUT2D eigenvalue weighted by Crippen LogP contribution is -2.41. The molecule has 9 heteroatoms. The number of hydrogen-bond acceptors (Lipinski definition) is 6. The van der Waals surface area contributed by atoms with Crippen LogP contribution in [0.2, 0.25) is 5.02 Å². The third-order valence-electron chi connectivity index (χ3n) is 3.36. The number of nitrogen functional groups attached to an aromatic ring is 1. The molecule has 0 radical (unpaired) electrons. The molecule has 0 unspecified atom stereocenters. The number of rotatable bonds is 4. The van der Waals surface area contributed by atoms with Crippen molar-refractivity contribution >= 4 is 34.0 Å². The van der Waals surface area contributed by atoms with Crippen molar-refractivity contribution in [3.8, 4) is 5.69 Å². The zero-order valence-corrected chi connectivity index (χ0v) is 14.6. The standard InChI is InChI=1S/C15H15ClN6OS/c1-15(2,13-20-21-14(17)24-13)19-12(23)10-8-9(4-5-11(10)16)22-7-3-6-18-22/h3-8H,1-2H3,(H2,17,21)(H,19,23). The van der Waals surface area contributed by atoms with E-state index in [1.807, 2.05) is 13.8 Å². The molecule has 0 spiro atoms. The van der Waals surface area contributed by atoms with Gasteiger partial charge in [0.25, 0.3) is 5.91 Å². The van der Waals surface area contributed by atoms with Crippen LogP contribution in [0.25, 0.3) is 5.69 Å². The normalized spacial score (nSPS) is 11.5. The third-order valence-corrected chi connectivity index (χ3v) is 4.77. The molecule has 124 valence electrons. The van der Waals surface area contributed by atoms with E-state index in [1.165, 1.54) is 11.3 Å². The van der Waals surface area contributed by atoms with Crippen LogP contribution in [0.3, 0.4) is 0 Å². The van der Waals surface area contributed by atoms with E-state index in [2.05, 4.69) is 20.6 Å². The van der Waals surface area contributed by atoms with Crippen molar-refractivity contribution < 1.29 is 4.79 Å². The number of carbonyl (C=O) groups is 1. The molecule has 0 aliphatic carbocycles. The monoisotopic (exact) mass is 362 g/mol. The maximum atomic E-state index is 12.7. The van der Waals surface area contributed by atoms with Gasteiger partial charge in [0.2, 0.25) is 5.13 Å². The van der Waals surface area contributed by atoms with Crippen molar-refractivity contribution in [1.82, 2.24) is 25.3 Å². The average molecular weight is 363 g/mol. The summed E-state index contributed by atoms with van der Waals surface area (Å²) in [7, 11) is 0. The lowest BCUT2D eigenvalue weighted by atomic mass is 10.1. The Kier molecular flexibility index (Phi) is 4.25. The Morgan fingerprint density at radius 2 is 2.17 bits per heavy atom. The molecule has 0 aliphatic heterocycles. The fourth-order valence-corrected chi connectivity index (χ4v) is 3.01. The Bertz CT molecular complexity index is 874. The van der Waals surface area contributed by atoms with Crippen LogP contribution in [0.1, 0.15) is 29.2 Å². The van der Waals surface area contributed by atoms with Crippen LogP contribution < -0.4 is 11.1 Å². The molecule has 0 fully saturated rings. The van der Waals surface area contributed by atoms with Crippen molar-refractivity contribution in [2.24, 2.45) is 0 Å². The smallest absolute Gasteiger partial charge is 0.253 e. The highest BCUT2D eigenvalue weighted by Crippen LogP contribution is 2.26. The number of benzene rings is 1. The third kappa shape index (κ3) is 3.24. The van der Waals surface area contributed by atoms with Gasteiger partial charge in [-0.15, -0.1) is 10.2 Å². The summed E-state index contributed by atoms with van der Waals surface area (Å²) in [5.74, 6) is -0.312. The maximum Gasteiger partial charge on any atom is 0.253 e. The summed E-state index contributed by atoms with van der Waals surface area (Å²) in [4.78, 5) is 12.7. The highest BCUT2D eigenvalue weighted by Gasteiger charge is 2.28. The molecule has 3 rings (SSSR count). The summed E-state index contributed by atoms with van der Waals surface area (Å²) >= 11 is 7.43. The van der Waals surface area contributed by atoms with Crippen LogP contribution in [0, 0.1) is 0 Å². The van der Waals surface area contributed by atoms with Gasteiger partial charge in [0.1, 0.15) is 5.01 Å². The van der Waals surface area contributed by atoms with E-state index in [0.717, 1.165) is 5.69 Å². The molecule has 7 nitrogen and oxygen atoms in total. The lowest BCUT2D eigenvalue weighted by molar-refractivity contribution is 0.0912. The topological polar surface area (TPSA) is 98.7 Å². The minimum atomic E-state index is -0.725. The molecular weight excluding hydrogens is 348 g/mol. The van der Waals surface area contributed by atoms with Crippen LogP contribution in [0.4, 0.5) is 5.13 Å². The lowest BCUT2D eigenvalue weighted by Gasteiger charge is -2.23. The molecule has 2 heterocycles. The first-order chi connectivity index (χ1) is 11.4. The number of hydrogen-bond donors (Lipinski definition) is 2. The van der Waals surface area contributed by atoms with Gasteiger partial charge >= 0.3 is 0 Å². The molecule has 0 saturated carbocycles. The minimum absolute atomic E-state index is 0.312. The second-order valence-corrected chi connectivity index (χ2v) is 7.06. The first-order valence-corrected chi connectivity index (χ1v) is 8.28. The zero-order chi connectivity index (χ0) is 17.3. The number of anilines is 1. The zero-order valence-electron chi connectivity index (χ0n) is 13.0. The molecule has 24 heavy (non-hydrogen) atoms. The molecule has 3 N–H and O–H groups in total. The van der Waals surface area contributed by atoms with Gasteiger partial charge in [0, 0.05) is 12.4 Å². The van der Waals surface area contributed by atoms with Crippen molar-refractivity contribution in [3.63, 3.8) is 0 Å². The van der Waals surface area contributed by atoms with Gasteiger partial charge in [-0.2, -0.15) is 5.10 Å². The van der Waals surface area contributed by atoms with Crippen LogP contribution in [0.5, 0.6) is 0 Å². The Labute approximate surface area is 147 Å². The van der Waals surface area contributed by atoms with Crippen molar-refractivity contribution in [2.75, 3.05) is 5.73 Å². The van der Waals surface area contributed by atoms with Crippen LogP contribution in [0.15, 0.2) is 36.7 Å². The summed E-state index contributed by atoms with van der Waals surface area (Å²) in [6, 6.07) is 6.96. The first kappa shape index (κ1) is 16.4. The molecule has 1 aromatic carbocycles. The predicted molar refractivity (Wildman–Crippen MR) is 93.4 cm³/mol. The van der Waals surface area contributed by atoms with E-state index < -0.39 is 5.54 Å². The van der Waals surface area contributed by atoms with Crippen molar-refractivity contribution in [1.29, 1.82) is 0 Å².